The Labute approximate surface area is 219 Å². The Morgan fingerprint density at radius 3 is 2.06 bits per heavy atom. The summed E-state index contributed by atoms with van der Waals surface area (Å²) in [5.41, 5.74) is 0.493. The molecule has 0 aliphatic carbocycles. The molecular weight excluding hydrogens is 456 g/mol. The minimum atomic E-state index is -0.651. The molecule has 4 atom stereocenters. The quantitative estimate of drug-likeness (QED) is 0.352. The van der Waals surface area contributed by atoms with Crippen LogP contribution in [0, 0.1) is 17.8 Å². The molecule has 3 amide bonds. The van der Waals surface area contributed by atoms with Crippen LogP contribution in [-0.2, 0) is 14.4 Å². The summed E-state index contributed by atoms with van der Waals surface area (Å²) < 4.78 is 0. The number of carbonyl (C=O) groups is 3. The Morgan fingerprint density at radius 2 is 1.58 bits per heavy atom. The summed E-state index contributed by atoms with van der Waals surface area (Å²) in [7, 11) is 1.74. The summed E-state index contributed by atoms with van der Waals surface area (Å²) in [4.78, 5) is 43.6. The highest BCUT2D eigenvalue weighted by atomic mass is 16.3. The van der Waals surface area contributed by atoms with E-state index in [4.69, 9.17) is 0 Å². The minimum absolute atomic E-state index is 0.0544. The maximum Gasteiger partial charge on any atom is 0.246 e. The first-order chi connectivity index (χ1) is 16.7. The van der Waals surface area contributed by atoms with Gasteiger partial charge in [-0.2, -0.15) is 0 Å². The number of likely N-dealkylation sites (tertiary alicyclic amines) is 1. The molecule has 8 nitrogen and oxygen atoms in total. The van der Waals surface area contributed by atoms with Gasteiger partial charge < -0.3 is 20.6 Å². The highest BCUT2D eigenvalue weighted by Crippen LogP contribution is 2.21. The van der Waals surface area contributed by atoms with Gasteiger partial charge in [-0.05, 0) is 57.9 Å². The van der Waals surface area contributed by atoms with Crippen molar-refractivity contribution in [3.63, 3.8) is 0 Å². The SMILES string of the molecule is C/C(=C\[C@H](C(C)C)N(C)C(=O)C(NC(=O)[C@H]1CCCCN1C(C)C)C(C)C)C(=O)NC(CO)C(C)C. The van der Waals surface area contributed by atoms with Crippen molar-refractivity contribution in [2.24, 2.45) is 17.8 Å². The predicted octanol–water partition coefficient (Wildman–Crippen LogP) is 2.95. The third-order valence-corrected chi connectivity index (χ3v) is 7.32. The number of nitrogens with one attached hydrogen (secondary N) is 2. The maximum absolute atomic E-state index is 13.7. The monoisotopic (exact) mass is 508 g/mol. The first kappa shape index (κ1) is 32.1. The van der Waals surface area contributed by atoms with Crippen LogP contribution in [0.1, 0.15) is 81.6 Å². The summed E-state index contributed by atoms with van der Waals surface area (Å²) in [5.74, 6) is -0.433. The second kappa shape index (κ2) is 14.7. The van der Waals surface area contributed by atoms with Crippen molar-refractivity contribution in [1.29, 1.82) is 0 Å². The predicted molar refractivity (Wildman–Crippen MR) is 145 cm³/mol. The van der Waals surface area contributed by atoms with Gasteiger partial charge in [-0.25, -0.2) is 0 Å². The van der Waals surface area contributed by atoms with Gasteiger partial charge in [0.2, 0.25) is 17.7 Å². The first-order valence-electron chi connectivity index (χ1n) is 13.7. The van der Waals surface area contributed by atoms with E-state index in [1.807, 2.05) is 47.6 Å². The van der Waals surface area contributed by atoms with Crippen LogP contribution in [-0.4, -0.2) is 83.0 Å². The smallest absolute Gasteiger partial charge is 0.246 e. The molecule has 0 spiro atoms. The van der Waals surface area contributed by atoms with Crippen molar-refractivity contribution in [3.05, 3.63) is 11.6 Å². The van der Waals surface area contributed by atoms with Crippen LogP contribution in [0.5, 0.6) is 0 Å². The highest BCUT2D eigenvalue weighted by Gasteiger charge is 2.36. The molecular formula is C28H52N4O4. The molecule has 1 fully saturated rings. The van der Waals surface area contributed by atoms with E-state index in [2.05, 4.69) is 29.4 Å². The Kier molecular flexibility index (Phi) is 13.1. The molecule has 208 valence electrons. The number of hydrogen-bond donors (Lipinski definition) is 3. The number of hydrogen-bond acceptors (Lipinski definition) is 5. The molecule has 0 aromatic carbocycles. The molecule has 0 saturated carbocycles. The van der Waals surface area contributed by atoms with Gasteiger partial charge in [-0.1, -0.05) is 54.0 Å². The Hall–Kier alpha value is -1.93. The summed E-state index contributed by atoms with van der Waals surface area (Å²) in [6.45, 7) is 18.5. The lowest BCUT2D eigenvalue weighted by Crippen LogP contribution is -2.58. The zero-order valence-corrected chi connectivity index (χ0v) is 24.3. The molecule has 3 N–H and O–H groups in total. The van der Waals surface area contributed by atoms with Crippen LogP contribution in [0.3, 0.4) is 0 Å². The van der Waals surface area contributed by atoms with E-state index in [1.54, 1.807) is 18.9 Å². The fourth-order valence-electron chi connectivity index (χ4n) is 4.77. The van der Waals surface area contributed by atoms with Gasteiger partial charge >= 0.3 is 0 Å². The Balaban J connectivity index is 3.07. The van der Waals surface area contributed by atoms with E-state index in [0.29, 0.717) is 5.57 Å². The average molecular weight is 509 g/mol. The van der Waals surface area contributed by atoms with E-state index in [0.717, 1.165) is 25.8 Å². The van der Waals surface area contributed by atoms with Gasteiger partial charge in [-0.15, -0.1) is 0 Å². The molecule has 2 unspecified atom stereocenters. The van der Waals surface area contributed by atoms with Crippen molar-refractivity contribution in [2.45, 2.75) is 112 Å². The van der Waals surface area contributed by atoms with Crippen molar-refractivity contribution >= 4 is 17.7 Å². The topological polar surface area (TPSA) is 102 Å². The molecule has 1 rings (SSSR count). The summed E-state index contributed by atoms with van der Waals surface area (Å²) >= 11 is 0. The van der Waals surface area contributed by atoms with Gasteiger partial charge in [0, 0.05) is 18.7 Å². The molecule has 0 aromatic rings. The lowest BCUT2D eigenvalue weighted by atomic mass is 9.95. The van der Waals surface area contributed by atoms with Gasteiger partial charge in [0.05, 0.1) is 24.7 Å². The van der Waals surface area contributed by atoms with Gasteiger partial charge in [0.15, 0.2) is 0 Å². The average Bonchev–Trinajstić information content (AvgIpc) is 2.82. The fourth-order valence-corrected chi connectivity index (χ4v) is 4.77. The Morgan fingerprint density at radius 1 is 0.972 bits per heavy atom. The Bertz CT molecular complexity index is 763. The number of rotatable bonds is 12. The largest absolute Gasteiger partial charge is 0.394 e. The molecule has 1 aliphatic rings. The second-order valence-corrected chi connectivity index (χ2v) is 11.6. The summed E-state index contributed by atoms with van der Waals surface area (Å²) in [5, 5.41) is 15.5. The molecule has 0 radical (unpaired) electrons. The number of amides is 3. The highest BCUT2D eigenvalue weighted by molar-refractivity contribution is 5.93. The molecule has 36 heavy (non-hydrogen) atoms. The lowest BCUT2D eigenvalue weighted by molar-refractivity contribution is -0.140. The van der Waals surface area contributed by atoms with Crippen LogP contribution < -0.4 is 10.6 Å². The standard InChI is InChI=1S/C28H52N4O4/c1-17(2)22(16-33)29-26(34)21(9)15-24(18(3)4)31(10)28(36)25(19(5)6)30-27(35)23-13-11-12-14-32(23)20(7)8/h15,17-20,22-25,33H,11-14,16H2,1-10H3,(H,29,34)(H,30,35)/b21-15+/t22?,23-,24-,25?/m1/s1. The van der Waals surface area contributed by atoms with E-state index in [9.17, 15) is 19.5 Å². The number of likely N-dealkylation sites (N-methyl/N-ethyl adjacent to an activating group) is 1. The van der Waals surface area contributed by atoms with Crippen LogP contribution >= 0.6 is 0 Å². The molecule has 1 aliphatic heterocycles. The van der Waals surface area contributed by atoms with Crippen LogP contribution in [0.25, 0.3) is 0 Å². The van der Waals surface area contributed by atoms with Crippen molar-refractivity contribution in [2.75, 3.05) is 20.2 Å². The fraction of sp³-hybridized carbons (Fsp3) is 0.821. The van der Waals surface area contributed by atoms with E-state index in [-0.39, 0.29) is 66.2 Å². The van der Waals surface area contributed by atoms with Crippen LogP contribution in [0.15, 0.2) is 11.6 Å². The third-order valence-electron chi connectivity index (χ3n) is 7.32. The number of nitrogens with zero attached hydrogens (tertiary/aromatic N) is 2. The first-order valence-corrected chi connectivity index (χ1v) is 13.7. The van der Waals surface area contributed by atoms with Crippen LogP contribution in [0.2, 0.25) is 0 Å². The van der Waals surface area contributed by atoms with Gasteiger partial charge in [0.25, 0.3) is 0 Å². The lowest BCUT2D eigenvalue weighted by Gasteiger charge is -2.39. The van der Waals surface area contributed by atoms with Crippen LogP contribution in [0.4, 0.5) is 0 Å². The zero-order chi connectivity index (χ0) is 27.7. The van der Waals surface area contributed by atoms with Crippen molar-refractivity contribution in [1.82, 2.24) is 20.4 Å². The number of aliphatic hydroxyl groups excluding tert-OH is 1. The molecule has 1 heterocycles. The summed E-state index contributed by atoms with van der Waals surface area (Å²) in [6, 6.07) is -1.26. The summed E-state index contributed by atoms with van der Waals surface area (Å²) in [6.07, 6.45) is 4.71. The molecule has 0 bridgehead atoms. The third kappa shape index (κ3) is 8.87. The van der Waals surface area contributed by atoms with E-state index >= 15 is 0 Å². The minimum Gasteiger partial charge on any atom is -0.394 e. The van der Waals surface area contributed by atoms with E-state index < -0.39 is 6.04 Å². The second-order valence-electron chi connectivity index (χ2n) is 11.6. The molecule has 8 heteroatoms. The zero-order valence-electron chi connectivity index (χ0n) is 24.3. The number of aliphatic hydroxyl groups is 1. The van der Waals surface area contributed by atoms with E-state index in [1.165, 1.54) is 0 Å². The molecule has 0 aromatic heterocycles. The van der Waals surface area contributed by atoms with Gasteiger partial charge in [0.1, 0.15) is 6.04 Å². The molecule has 1 saturated heterocycles. The number of piperidine rings is 1. The van der Waals surface area contributed by atoms with Crippen molar-refractivity contribution < 1.29 is 19.5 Å². The van der Waals surface area contributed by atoms with Crippen molar-refractivity contribution in [3.8, 4) is 0 Å². The van der Waals surface area contributed by atoms with Gasteiger partial charge in [-0.3, -0.25) is 19.3 Å². The number of carbonyl (C=O) groups excluding carboxylic acids is 3. The normalized spacial score (nSPS) is 20.0. The maximum atomic E-state index is 13.7.